The van der Waals surface area contributed by atoms with Crippen molar-refractivity contribution in [1.29, 1.82) is 0 Å². The van der Waals surface area contributed by atoms with Crippen molar-refractivity contribution in [3.63, 3.8) is 0 Å². The molecule has 0 aliphatic carbocycles. The van der Waals surface area contributed by atoms with Crippen molar-refractivity contribution in [1.82, 2.24) is 15.4 Å². The molecule has 0 radical (unpaired) electrons. The Balaban J connectivity index is 1.75. The second-order valence-electron chi connectivity index (χ2n) is 4.51. The number of hydrogen-bond acceptors (Lipinski definition) is 4. The lowest BCUT2D eigenvalue weighted by atomic mass is 10.3. The Morgan fingerprint density at radius 3 is 2.61 bits per heavy atom. The van der Waals surface area contributed by atoms with Crippen molar-refractivity contribution in [2.24, 2.45) is 0 Å². The van der Waals surface area contributed by atoms with E-state index in [-0.39, 0.29) is 18.7 Å². The Kier molecular flexibility index (Phi) is 5.76. The van der Waals surface area contributed by atoms with Crippen LogP contribution in [0.4, 0.5) is 0 Å². The van der Waals surface area contributed by atoms with E-state index < -0.39 is 11.8 Å². The summed E-state index contributed by atoms with van der Waals surface area (Å²) in [7, 11) is 0. The molecular formula is C15H14ClN3O4. The van der Waals surface area contributed by atoms with Gasteiger partial charge in [0.1, 0.15) is 12.3 Å². The van der Waals surface area contributed by atoms with Gasteiger partial charge in [0, 0.05) is 17.3 Å². The molecule has 0 unspecified atom stereocenters. The smallest absolute Gasteiger partial charge is 0.276 e. The summed E-state index contributed by atoms with van der Waals surface area (Å²) in [6, 6.07) is 11.1. The first kappa shape index (κ1) is 16.6. The second kappa shape index (κ2) is 8.00. The number of aromatic nitrogens is 1. The molecule has 2 N–H and O–H groups in total. The molecule has 0 saturated heterocycles. The third kappa shape index (κ3) is 5.48. The van der Waals surface area contributed by atoms with Crippen molar-refractivity contribution < 1.29 is 14.3 Å². The first-order valence-corrected chi connectivity index (χ1v) is 7.04. The first-order valence-electron chi connectivity index (χ1n) is 6.66. The van der Waals surface area contributed by atoms with E-state index in [2.05, 4.69) is 10.9 Å². The van der Waals surface area contributed by atoms with Gasteiger partial charge in [0.2, 0.25) is 0 Å². The molecule has 8 heteroatoms. The number of hydrazine groups is 1. The summed E-state index contributed by atoms with van der Waals surface area (Å²) in [6.45, 7) is -0.485. The van der Waals surface area contributed by atoms with Crippen molar-refractivity contribution in [3.8, 4) is 5.75 Å². The highest BCUT2D eigenvalue weighted by Crippen LogP contribution is 2.16. The Hall–Kier alpha value is -2.80. The second-order valence-corrected chi connectivity index (χ2v) is 4.95. The summed E-state index contributed by atoms with van der Waals surface area (Å²) in [4.78, 5) is 34.7. The average Bonchev–Trinajstić information content (AvgIpc) is 2.53. The number of amides is 2. The van der Waals surface area contributed by atoms with E-state index in [9.17, 15) is 14.4 Å². The lowest BCUT2D eigenvalue weighted by molar-refractivity contribution is -0.130. The minimum atomic E-state index is -0.543. The average molecular weight is 336 g/mol. The van der Waals surface area contributed by atoms with Crippen LogP contribution < -0.4 is 21.1 Å². The minimum absolute atomic E-state index is 0.199. The number of nitrogens with zero attached hydrogens (tertiary/aromatic N) is 1. The monoisotopic (exact) mass is 335 g/mol. The van der Waals surface area contributed by atoms with Crippen LogP contribution >= 0.6 is 11.6 Å². The maximum absolute atomic E-state index is 11.6. The van der Waals surface area contributed by atoms with E-state index in [1.165, 1.54) is 16.8 Å². The molecule has 1 heterocycles. The van der Waals surface area contributed by atoms with Gasteiger partial charge in [-0.2, -0.15) is 0 Å². The SMILES string of the molecule is O=C(COc1cccc(Cl)c1)NNC(=O)Cn1ccccc1=O. The van der Waals surface area contributed by atoms with E-state index in [0.717, 1.165) is 0 Å². The molecule has 0 aliphatic rings. The number of nitrogens with one attached hydrogen (secondary N) is 2. The molecule has 0 aliphatic heterocycles. The highest BCUT2D eigenvalue weighted by molar-refractivity contribution is 6.30. The Bertz CT molecular complexity index is 760. The zero-order valence-electron chi connectivity index (χ0n) is 12.0. The van der Waals surface area contributed by atoms with Crippen LogP contribution in [0.15, 0.2) is 53.5 Å². The zero-order chi connectivity index (χ0) is 16.7. The summed E-state index contributed by atoms with van der Waals surface area (Å²) in [6.07, 6.45) is 1.48. The minimum Gasteiger partial charge on any atom is -0.484 e. The van der Waals surface area contributed by atoms with E-state index in [1.807, 2.05) is 0 Å². The van der Waals surface area contributed by atoms with Crippen molar-refractivity contribution in [3.05, 3.63) is 64.0 Å². The van der Waals surface area contributed by atoms with Crippen molar-refractivity contribution >= 4 is 23.4 Å². The van der Waals surface area contributed by atoms with E-state index in [4.69, 9.17) is 16.3 Å². The van der Waals surface area contributed by atoms with Gasteiger partial charge in [-0.3, -0.25) is 25.2 Å². The predicted molar refractivity (Wildman–Crippen MR) is 83.9 cm³/mol. The van der Waals surface area contributed by atoms with Gasteiger partial charge in [0.15, 0.2) is 6.61 Å². The summed E-state index contributed by atoms with van der Waals surface area (Å²) in [5.74, 6) is -0.636. The van der Waals surface area contributed by atoms with Gasteiger partial charge < -0.3 is 9.30 Å². The third-order valence-corrected chi connectivity index (χ3v) is 2.96. The number of rotatable bonds is 5. The molecule has 23 heavy (non-hydrogen) atoms. The third-order valence-electron chi connectivity index (χ3n) is 2.72. The highest BCUT2D eigenvalue weighted by Gasteiger charge is 2.07. The van der Waals surface area contributed by atoms with E-state index in [1.54, 1.807) is 36.4 Å². The van der Waals surface area contributed by atoms with Crippen LogP contribution in [0.3, 0.4) is 0 Å². The molecule has 0 fully saturated rings. The predicted octanol–water partition coefficient (Wildman–Crippen LogP) is 0.728. The largest absolute Gasteiger partial charge is 0.484 e. The van der Waals surface area contributed by atoms with Gasteiger partial charge >= 0.3 is 0 Å². The number of hydrogen-bond donors (Lipinski definition) is 2. The van der Waals surface area contributed by atoms with Crippen LogP contribution in [0.25, 0.3) is 0 Å². The van der Waals surface area contributed by atoms with Gasteiger partial charge in [0.25, 0.3) is 17.4 Å². The Labute approximate surface area is 136 Å². The highest BCUT2D eigenvalue weighted by atomic mass is 35.5. The van der Waals surface area contributed by atoms with Crippen LogP contribution in [0.1, 0.15) is 0 Å². The fourth-order valence-electron chi connectivity index (χ4n) is 1.67. The Morgan fingerprint density at radius 1 is 1.09 bits per heavy atom. The molecule has 0 bridgehead atoms. The van der Waals surface area contributed by atoms with Crippen molar-refractivity contribution in [2.75, 3.05) is 6.61 Å². The number of carbonyl (C=O) groups excluding carboxylic acids is 2. The summed E-state index contributed by atoms with van der Waals surface area (Å²) >= 11 is 5.79. The van der Waals surface area contributed by atoms with Crippen LogP contribution in [0.2, 0.25) is 5.02 Å². The molecule has 0 atom stereocenters. The number of benzene rings is 1. The fourth-order valence-corrected chi connectivity index (χ4v) is 1.85. The van der Waals surface area contributed by atoms with Crippen LogP contribution in [0.5, 0.6) is 5.75 Å². The first-order chi connectivity index (χ1) is 11.0. The van der Waals surface area contributed by atoms with E-state index >= 15 is 0 Å². The fraction of sp³-hybridized carbons (Fsp3) is 0.133. The molecule has 120 valence electrons. The Morgan fingerprint density at radius 2 is 1.87 bits per heavy atom. The molecule has 1 aromatic carbocycles. The lowest BCUT2D eigenvalue weighted by Crippen LogP contribution is -2.45. The van der Waals surface area contributed by atoms with Crippen molar-refractivity contribution in [2.45, 2.75) is 6.54 Å². The van der Waals surface area contributed by atoms with Gasteiger partial charge in [-0.15, -0.1) is 0 Å². The number of halogens is 1. The quantitative estimate of drug-likeness (QED) is 0.788. The van der Waals surface area contributed by atoms with Gasteiger partial charge in [-0.25, -0.2) is 0 Å². The molecule has 2 rings (SSSR count). The molecule has 0 spiro atoms. The summed E-state index contributed by atoms with van der Waals surface area (Å²) in [5.41, 5.74) is 4.09. The van der Waals surface area contributed by atoms with Crippen LogP contribution in [0, 0.1) is 0 Å². The zero-order valence-corrected chi connectivity index (χ0v) is 12.7. The topological polar surface area (TPSA) is 89.4 Å². The summed E-state index contributed by atoms with van der Waals surface area (Å²) < 4.78 is 6.43. The van der Waals surface area contributed by atoms with Crippen LogP contribution in [-0.4, -0.2) is 23.0 Å². The lowest BCUT2D eigenvalue weighted by Gasteiger charge is -2.09. The molecule has 2 aromatic rings. The summed E-state index contributed by atoms with van der Waals surface area (Å²) in [5, 5.41) is 0.490. The molecule has 1 aromatic heterocycles. The number of pyridine rings is 1. The molecule has 7 nitrogen and oxygen atoms in total. The standard InChI is InChI=1S/C15H14ClN3O4/c16-11-4-3-5-12(8-11)23-10-14(21)18-17-13(20)9-19-7-2-1-6-15(19)22/h1-8H,9-10H2,(H,17,20)(H,18,21). The number of ether oxygens (including phenoxy) is 1. The van der Waals surface area contributed by atoms with Crippen LogP contribution in [-0.2, 0) is 16.1 Å². The van der Waals surface area contributed by atoms with Gasteiger partial charge in [0.05, 0.1) is 0 Å². The normalized spacial score (nSPS) is 9.96. The molecule has 0 saturated carbocycles. The van der Waals surface area contributed by atoms with Gasteiger partial charge in [-0.1, -0.05) is 23.7 Å². The van der Waals surface area contributed by atoms with Gasteiger partial charge in [-0.05, 0) is 24.3 Å². The number of carbonyl (C=O) groups is 2. The maximum atomic E-state index is 11.6. The maximum Gasteiger partial charge on any atom is 0.276 e. The van der Waals surface area contributed by atoms with E-state index in [0.29, 0.717) is 10.8 Å². The molecule has 2 amide bonds. The molecular weight excluding hydrogens is 322 g/mol.